The second-order valence-electron chi connectivity index (χ2n) is 4.83. The van der Waals surface area contributed by atoms with E-state index in [9.17, 15) is 4.39 Å². The molecule has 0 saturated carbocycles. The van der Waals surface area contributed by atoms with Crippen molar-refractivity contribution in [3.05, 3.63) is 35.6 Å². The lowest BCUT2D eigenvalue weighted by atomic mass is 9.98. The Hall–Kier alpha value is -0.970. The van der Waals surface area contributed by atoms with Crippen molar-refractivity contribution >= 4 is 0 Å². The molecule has 1 aromatic rings. The largest absolute Gasteiger partial charge is 0.383 e. The van der Waals surface area contributed by atoms with Crippen molar-refractivity contribution in [1.82, 2.24) is 4.90 Å². The first-order chi connectivity index (χ1) is 8.47. The van der Waals surface area contributed by atoms with E-state index in [1.807, 2.05) is 14.0 Å². The van der Waals surface area contributed by atoms with Gasteiger partial charge in [0.25, 0.3) is 0 Å². The van der Waals surface area contributed by atoms with Crippen LogP contribution in [-0.2, 0) is 4.74 Å². The van der Waals surface area contributed by atoms with Gasteiger partial charge in [0, 0.05) is 25.2 Å². The van der Waals surface area contributed by atoms with Crippen LogP contribution in [0, 0.1) is 5.82 Å². The van der Waals surface area contributed by atoms with Gasteiger partial charge in [-0.15, -0.1) is 0 Å². The second-order valence-corrected chi connectivity index (χ2v) is 4.83. The van der Waals surface area contributed by atoms with E-state index in [1.165, 1.54) is 12.1 Å². The minimum Gasteiger partial charge on any atom is -0.383 e. The van der Waals surface area contributed by atoms with Gasteiger partial charge in [-0.25, -0.2) is 4.39 Å². The van der Waals surface area contributed by atoms with Gasteiger partial charge >= 0.3 is 0 Å². The maximum atomic E-state index is 13.0. The summed E-state index contributed by atoms with van der Waals surface area (Å²) in [6.45, 7) is 4.69. The molecule has 0 fully saturated rings. The topological polar surface area (TPSA) is 38.5 Å². The Labute approximate surface area is 109 Å². The van der Waals surface area contributed by atoms with Crippen LogP contribution in [0.15, 0.2) is 24.3 Å². The van der Waals surface area contributed by atoms with Crippen molar-refractivity contribution in [2.24, 2.45) is 5.73 Å². The maximum absolute atomic E-state index is 13.0. The fraction of sp³-hybridized carbons (Fsp3) is 0.571. The summed E-state index contributed by atoms with van der Waals surface area (Å²) in [5, 5.41) is 0. The quantitative estimate of drug-likeness (QED) is 0.845. The highest BCUT2D eigenvalue weighted by molar-refractivity contribution is 5.21. The summed E-state index contributed by atoms with van der Waals surface area (Å²) in [6, 6.07) is 6.78. The van der Waals surface area contributed by atoms with Crippen molar-refractivity contribution in [1.29, 1.82) is 0 Å². The van der Waals surface area contributed by atoms with Gasteiger partial charge in [0.05, 0.1) is 6.61 Å². The minimum atomic E-state index is -0.227. The molecule has 0 radical (unpaired) electrons. The smallest absolute Gasteiger partial charge is 0.123 e. The molecule has 0 saturated heterocycles. The van der Waals surface area contributed by atoms with Crippen LogP contribution in [0.4, 0.5) is 4.39 Å². The van der Waals surface area contributed by atoms with E-state index in [2.05, 4.69) is 11.8 Å². The van der Waals surface area contributed by atoms with Gasteiger partial charge in [-0.2, -0.15) is 0 Å². The van der Waals surface area contributed by atoms with Gasteiger partial charge in [0.1, 0.15) is 5.82 Å². The molecule has 4 heteroatoms. The standard InChI is InChI=1S/C14H23FN2O/c1-10(9-18-4)17(3)14(11(2)16)12-5-7-13(15)8-6-12/h5-8,10-11,14H,9,16H2,1-4H3. The van der Waals surface area contributed by atoms with Crippen molar-refractivity contribution in [3.8, 4) is 0 Å². The third-order valence-corrected chi connectivity index (χ3v) is 3.25. The number of hydrogen-bond acceptors (Lipinski definition) is 3. The Balaban J connectivity index is 2.92. The molecule has 3 unspecified atom stereocenters. The molecular formula is C14H23FN2O. The van der Waals surface area contributed by atoms with Crippen LogP contribution < -0.4 is 5.73 Å². The summed E-state index contributed by atoms with van der Waals surface area (Å²) in [6.07, 6.45) is 0. The lowest BCUT2D eigenvalue weighted by Gasteiger charge is -2.35. The molecule has 0 aliphatic carbocycles. The average molecular weight is 254 g/mol. The number of rotatable bonds is 6. The zero-order valence-electron chi connectivity index (χ0n) is 11.6. The third-order valence-electron chi connectivity index (χ3n) is 3.25. The zero-order valence-corrected chi connectivity index (χ0v) is 11.6. The summed E-state index contributed by atoms with van der Waals surface area (Å²) in [4.78, 5) is 2.17. The molecule has 0 aliphatic heterocycles. The predicted octanol–water partition coefficient (Wildman–Crippen LogP) is 2.18. The maximum Gasteiger partial charge on any atom is 0.123 e. The number of benzene rings is 1. The molecule has 0 amide bonds. The highest BCUT2D eigenvalue weighted by Crippen LogP contribution is 2.24. The number of hydrogen-bond donors (Lipinski definition) is 1. The Morgan fingerprint density at radius 1 is 1.28 bits per heavy atom. The van der Waals surface area contributed by atoms with E-state index < -0.39 is 0 Å². The third kappa shape index (κ3) is 3.77. The number of methoxy groups -OCH3 is 1. The Morgan fingerprint density at radius 3 is 2.28 bits per heavy atom. The molecule has 1 aromatic carbocycles. The van der Waals surface area contributed by atoms with Crippen LogP contribution >= 0.6 is 0 Å². The lowest BCUT2D eigenvalue weighted by Crippen LogP contribution is -2.43. The van der Waals surface area contributed by atoms with Crippen LogP contribution in [0.2, 0.25) is 0 Å². The normalized spacial score (nSPS) is 16.6. The van der Waals surface area contributed by atoms with Gasteiger partial charge in [0.15, 0.2) is 0 Å². The van der Waals surface area contributed by atoms with E-state index in [4.69, 9.17) is 10.5 Å². The summed E-state index contributed by atoms with van der Waals surface area (Å²) >= 11 is 0. The van der Waals surface area contributed by atoms with Gasteiger partial charge in [-0.1, -0.05) is 12.1 Å². The molecular weight excluding hydrogens is 231 g/mol. The first-order valence-corrected chi connectivity index (χ1v) is 6.19. The first-order valence-electron chi connectivity index (χ1n) is 6.19. The molecule has 3 nitrogen and oxygen atoms in total. The Morgan fingerprint density at radius 2 is 1.83 bits per heavy atom. The fourth-order valence-electron chi connectivity index (χ4n) is 2.20. The lowest BCUT2D eigenvalue weighted by molar-refractivity contribution is 0.0819. The Bertz CT molecular complexity index is 353. The van der Waals surface area contributed by atoms with Crippen molar-refractivity contribution in [2.45, 2.75) is 32.0 Å². The monoisotopic (exact) mass is 254 g/mol. The molecule has 0 spiro atoms. The van der Waals surface area contributed by atoms with Crippen LogP contribution in [0.5, 0.6) is 0 Å². The minimum absolute atomic E-state index is 0.0419. The summed E-state index contributed by atoms with van der Waals surface area (Å²) < 4.78 is 18.1. The number of likely N-dealkylation sites (N-methyl/N-ethyl adjacent to an activating group) is 1. The van der Waals surface area contributed by atoms with E-state index >= 15 is 0 Å². The predicted molar refractivity (Wildman–Crippen MR) is 71.9 cm³/mol. The molecule has 3 atom stereocenters. The van der Waals surface area contributed by atoms with Gasteiger partial charge in [-0.05, 0) is 38.6 Å². The van der Waals surface area contributed by atoms with E-state index in [0.29, 0.717) is 6.61 Å². The molecule has 0 aliphatic rings. The van der Waals surface area contributed by atoms with E-state index in [1.54, 1.807) is 19.2 Å². The second kappa shape index (κ2) is 6.83. The SMILES string of the molecule is COCC(C)N(C)C(c1ccc(F)cc1)C(C)N. The summed E-state index contributed by atoms with van der Waals surface area (Å²) in [5.41, 5.74) is 7.09. The molecule has 2 N–H and O–H groups in total. The van der Waals surface area contributed by atoms with Gasteiger partial charge < -0.3 is 10.5 Å². The van der Waals surface area contributed by atoms with Gasteiger partial charge in [-0.3, -0.25) is 4.90 Å². The highest BCUT2D eigenvalue weighted by Gasteiger charge is 2.24. The zero-order chi connectivity index (χ0) is 13.7. The van der Waals surface area contributed by atoms with E-state index in [0.717, 1.165) is 5.56 Å². The molecule has 0 bridgehead atoms. The van der Waals surface area contributed by atoms with Crippen LogP contribution in [0.3, 0.4) is 0 Å². The Kier molecular flexibility index (Phi) is 5.72. The number of nitrogens with zero attached hydrogens (tertiary/aromatic N) is 1. The van der Waals surface area contributed by atoms with Crippen LogP contribution in [0.25, 0.3) is 0 Å². The van der Waals surface area contributed by atoms with Gasteiger partial charge in [0.2, 0.25) is 0 Å². The van der Waals surface area contributed by atoms with Crippen molar-refractivity contribution < 1.29 is 9.13 Å². The molecule has 102 valence electrons. The fourth-order valence-corrected chi connectivity index (χ4v) is 2.20. The average Bonchev–Trinajstić information content (AvgIpc) is 2.31. The van der Waals surface area contributed by atoms with E-state index in [-0.39, 0.29) is 23.9 Å². The first kappa shape index (κ1) is 15.1. The van der Waals surface area contributed by atoms with Crippen molar-refractivity contribution in [3.63, 3.8) is 0 Å². The molecule has 18 heavy (non-hydrogen) atoms. The summed E-state index contributed by atoms with van der Waals surface area (Å²) in [7, 11) is 3.70. The highest BCUT2D eigenvalue weighted by atomic mass is 19.1. The van der Waals surface area contributed by atoms with Crippen LogP contribution in [-0.4, -0.2) is 37.7 Å². The number of nitrogens with two attached hydrogens (primary N) is 1. The van der Waals surface area contributed by atoms with Crippen molar-refractivity contribution in [2.75, 3.05) is 20.8 Å². The number of ether oxygens (including phenoxy) is 1. The molecule has 1 rings (SSSR count). The summed E-state index contributed by atoms with van der Waals surface area (Å²) in [5.74, 6) is -0.227. The molecule has 0 aromatic heterocycles. The number of halogens is 1. The van der Waals surface area contributed by atoms with Crippen LogP contribution in [0.1, 0.15) is 25.5 Å². The molecule has 0 heterocycles.